The summed E-state index contributed by atoms with van der Waals surface area (Å²) in [6, 6.07) is 4.71. The number of hydrogen-bond acceptors (Lipinski definition) is 4. The molecule has 0 atom stereocenters. The third-order valence-corrected chi connectivity index (χ3v) is 3.63. The fourth-order valence-corrected chi connectivity index (χ4v) is 2.67. The number of ether oxygens (including phenoxy) is 2. The average molecular weight is 372 g/mol. The summed E-state index contributed by atoms with van der Waals surface area (Å²) in [6.07, 6.45) is 0. The minimum atomic E-state index is -2.88. The second-order valence-electron chi connectivity index (χ2n) is 7.03. The Kier molecular flexibility index (Phi) is 8.57. The third kappa shape index (κ3) is 7.86. The van der Waals surface area contributed by atoms with Gasteiger partial charge in [-0.05, 0) is 37.7 Å². The van der Waals surface area contributed by atoms with Gasteiger partial charge in [0.1, 0.15) is 11.5 Å². The molecule has 0 fully saturated rings. The van der Waals surface area contributed by atoms with Crippen LogP contribution in [0.2, 0.25) is 0 Å². The third-order valence-electron chi connectivity index (χ3n) is 3.63. The van der Waals surface area contributed by atoms with Crippen molar-refractivity contribution >= 4 is 5.96 Å². The summed E-state index contributed by atoms with van der Waals surface area (Å²) in [7, 11) is 7.24. The first kappa shape index (κ1) is 22.0. The van der Waals surface area contributed by atoms with Gasteiger partial charge in [-0.2, -0.15) is 8.78 Å². The normalized spacial score (nSPS) is 12.5. The first-order chi connectivity index (χ1) is 12.2. The molecule has 0 heterocycles. The van der Waals surface area contributed by atoms with Gasteiger partial charge in [0.05, 0.1) is 7.11 Å². The summed E-state index contributed by atoms with van der Waals surface area (Å²) in [6.45, 7) is 3.33. The van der Waals surface area contributed by atoms with E-state index in [1.54, 1.807) is 19.2 Å². The van der Waals surface area contributed by atoms with E-state index in [4.69, 9.17) is 4.74 Å². The largest absolute Gasteiger partial charge is 0.497 e. The van der Waals surface area contributed by atoms with E-state index in [2.05, 4.69) is 39.1 Å². The Balaban J connectivity index is 2.73. The number of halogens is 2. The van der Waals surface area contributed by atoms with E-state index < -0.39 is 6.61 Å². The van der Waals surface area contributed by atoms with Crippen molar-refractivity contribution in [2.45, 2.75) is 27.0 Å². The lowest BCUT2D eigenvalue weighted by molar-refractivity contribution is -0.0505. The number of nitrogens with zero attached hydrogens (tertiary/aromatic N) is 2. The molecule has 1 aromatic rings. The molecule has 0 aliphatic carbocycles. The van der Waals surface area contributed by atoms with Crippen molar-refractivity contribution in [3.63, 3.8) is 0 Å². The molecular formula is C18H30F2N4O2. The van der Waals surface area contributed by atoms with Gasteiger partial charge in [-0.1, -0.05) is 13.8 Å². The molecule has 0 aliphatic rings. The van der Waals surface area contributed by atoms with Crippen LogP contribution in [0, 0.1) is 5.41 Å². The number of benzene rings is 1. The molecular weight excluding hydrogens is 342 g/mol. The molecule has 0 amide bonds. The number of methoxy groups -OCH3 is 1. The van der Waals surface area contributed by atoms with Crippen molar-refractivity contribution in [3.05, 3.63) is 23.8 Å². The molecule has 0 spiro atoms. The minimum Gasteiger partial charge on any atom is -0.497 e. The fourth-order valence-electron chi connectivity index (χ4n) is 2.67. The van der Waals surface area contributed by atoms with Crippen LogP contribution in [-0.2, 0) is 6.54 Å². The second-order valence-corrected chi connectivity index (χ2v) is 7.03. The zero-order valence-electron chi connectivity index (χ0n) is 16.4. The van der Waals surface area contributed by atoms with E-state index in [1.807, 2.05) is 14.1 Å². The van der Waals surface area contributed by atoms with Crippen molar-refractivity contribution in [1.29, 1.82) is 0 Å². The van der Waals surface area contributed by atoms with Crippen molar-refractivity contribution < 1.29 is 18.3 Å². The van der Waals surface area contributed by atoms with Crippen LogP contribution in [0.1, 0.15) is 19.4 Å². The SMILES string of the molecule is CN=C(NCc1cc(OC)ccc1OC(F)F)NCC(C)(C)CN(C)C. The highest BCUT2D eigenvalue weighted by molar-refractivity contribution is 5.79. The molecule has 148 valence electrons. The summed E-state index contributed by atoms with van der Waals surface area (Å²) < 4.78 is 34.9. The van der Waals surface area contributed by atoms with Crippen LogP contribution < -0.4 is 20.1 Å². The van der Waals surface area contributed by atoms with E-state index >= 15 is 0 Å². The van der Waals surface area contributed by atoms with E-state index in [0.29, 0.717) is 23.8 Å². The fraction of sp³-hybridized carbons (Fsp3) is 0.611. The number of alkyl halides is 2. The molecule has 0 aliphatic heterocycles. The molecule has 26 heavy (non-hydrogen) atoms. The molecule has 0 radical (unpaired) electrons. The minimum absolute atomic E-state index is 0.0427. The number of nitrogens with one attached hydrogen (secondary N) is 2. The van der Waals surface area contributed by atoms with Crippen molar-refractivity contribution in [2.24, 2.45) is 10.4 Å². The second kappa shape index (κ2) is 10.2. The van der Waals surface area contributed by atoms with Gasteiger partial charge in [0.2, 0.25) is 0 Å². The van der Waals surface area contributed by atoms with Crippen molar-refractivity contribution in [1.82, 2.24) is 15.5 Å². The Morgan fingerprint density at radius 1 is 1.27 bits per heavy atom. The van der Waals surface area contributed by atoms with Crippen LogP contribution >= 0.6 is 0 Å². The Morgan fingerprint density at radius 2 is 1.96 bits per heavy atom. The van der Waals surface area contributed by atoms with Gasteiger partial charge in [-0.3, -0.25) is 4.99 Å². The van der Waals surface area contributed by atoms with Gasteiger partial charge >= 0.3 is 6.61 Å². The molecule has 8 heteroatoms. The Hall–Kier alpha value is -2.09. The maximum absolute atomic E-state index is 12.6. The Morgan fingerprint density at radius 3 is 2.50 bits per heavy atom. The molecule has 0 saturated heterocycles. The van der Waals surface area contributed by atoms with Gasteiger partial charge in [0, 0.05) is 32.2 Å². The zero-order chi connectivity index (χ0) is 19.7. The van der Waals surface area contributed by atoms with Crippen molar-refractivity contribution in [2.75, 3.05) is 41.3 Å². The molecule has 1 aromatic carbocycles. The first-order valence-electron chi connectivity index (χ1n) is 8.38. The standard InChI is InChI=1S/C18H30F2N4O2/c1-18(2,12-24(4)5)11-23-17(21-3)22-10-13-9-14(25-6)7-8-15(13)26-16(19)20/h7-9,16H,10-12H2,1-6H3,(H2,21,22,23). The maximum atomic E-state index is 12.6. The first-order valence-corrected chi connectivity index (χ1v) is 8.38. The lowest BCUT2D eigenvalue weighted by Gasteiger charge is -2.29. The quantitative estimate of drug-likeness (QED) is 0.515. The highest BCUT2D eigenvalue weighted by Crippen LogP contribution is 2.25. The van der Waals surface area contributed by atoms with E-state index in [-0.39, 0.29) is 17.7 Å². The lowest BCUT2D eigenvalue weighted by Crippen LogP contribution is -2.44. The van der Waals surface area contributed by atoms with Gasteiger partial charge in [-0.25, -0.2) is 0 Å². The Bertz CT molecular complexity index is 593. The summed E-state index contributed by atoms with van der Waals surface area (Å²) >= 11 is 0. The molecule has 1 rings (SSSR count). The maximum Gasteiger partial charge on any atom is 0.387 e. The van der Waals surface area contributed by atoms with Crippen LogP contribution in [-0.4, -0.2) is 58.8 Å². The Labute approximate surface area is 154 Å². The van der Waals surface area contributed by atoms with E-state index in [0.717, 1.165) is 6.54 Å². The number of guanidine groups is 1. The number of rotatable bonds is 9. The lowest BCUT2D eigenvalue weighted by atomic mass is 9.93. The van der Waals surface area contributed by atoms with Gasteiger partial charge < -0.3 is 25.0 Å². The predicted molar refractivity (Wildman–Crippen MR) is 100 cm³/mol. The highest BCUT2D eigenvalue weighted by atomic mass is 19.3. The summed E-state index contributed by atoms with van der Waals surface area (Å²) in [4.78, 5) is 6.31. The van der Waals surface area contributed by atoms with Gasteiger partial charge in [0.15, 0.2) is 5.96 Å². The monoisotopic (exact) mass is 372 g/mol. The molecule has 0 unspecified atom stereocenters. The molecule has 0 saturated carbocycles. The smallest absolute Gasteiger partial charge is 0.387 e. The van der Waals surface area contributed by atoms with Crippen LogP contribution in [0.5, 0.6) is 11.5 Å². The van der Waals surface area contributed by atoms with Crippen LogP contribution in [0.15, 0.2) is 23.2 Å². The van der Waals surface area contributed by atoms with E-state index in [9.17, 15) is 8.78 Å². The summed E-state index contributed by atoms with van der Waals surface area (Å²) in [5, 5.41) is 6.39. The van der Waals surface area contributed by atoms with Crippen LogP contribution in [0.25, 0.3) is 0 Å². The summed E-state index contributed by atoms with van der Waals surface area (Å²) in [5.74, 6) is 1.26. The number of aliphatic imine (C=N–C) groups is 1. The molecule has 6 nitrogen and oxygen atoms in total. The van der Waals surface area contributed by atoms with E-state index in [1.165, 1.54) is 13.2 Å². The highest BCUT2D eigenvalue weighted by Gasteiger charge is 2.19. The summed E-state index contributed by atoms with van der Waals surface area (Å²) in [5.41, 5.74) is 0.598. The topological polar surface area (TPSA) is 58.1 Å². The predicted octanol–water partition coefficient (Wildman–Crippen LogP) is 2.55. The average Bonchev–Trinajstić information content (AvgIpc) is 2.54. The zero-order valence-corrected chi connectivity index (χ0v) is 16.4. The van der Waals surface area contributed by atoms with Gasteiger partial charge in [0.25, 0.3) is 0 Å². The van der Waals surface area contributed by atoms with Crippen molar-refractivity contribution in [3.8, 4) is 11.5 Å². The van der Waals surface area contributed by atoms with Gasteiger partial charge in [-0.15, -0.1) is 0 Å². The molecule has 2 N–H and O–H groups in total. The van der Waals surface area contributed by atoms with Crippen LogP contribution in [0.4, 0.5) is 8.78 Å². The number of hydrogen-bond donors (Lipinski definition) is 2. The van der Waals surface area contributed by atoms with Crippen LogP contribution in [0.3, 0.4) is 0 Å². The molecule has 0 bridgehead atoms. The molecule has 0 aromatic heterocycles.